The van der Waals surface area contributed by atoms with Gasteiger partial charge >= 0.3 is 0 Å². The van der Waals surface area contributed by atoms with Gasteiger partial charge in [0.2, 0.25) is 0 Å². The van der Waals surface area contributed by atoms with Crippen LogP contribution in [0.5, 0.6) is 0 Å². The Hall–Kier alpha value is -0.450. The predicted octanol–water partition coefficient (Wildman–Crippen LogP) is 3.76. The first kappa shape index (κ1) is 14.9. The van der Waals surface area contributed by atoms with E-state index in [1.165, 1.54) is 18.9 Å². The molecule has 106 valence electrons. The maximum Gasteiger partial charge on any atom is 0.137 e. The SMILES string of the molecule is OC1(CNCc2ccc(F)c(Br)c2)CCCCCC1. The van der Waals surface area contributed by atoms with Crippen LogP contribution in [0, 0.1) is 5.82 Å². The van der Waals surface area contributed by atoms with Crippen molar-refractivity contribution in [1.82, 2.24) is 5.32 Å². The molecule has 0 atom stereocenters. The zero-order valence-corrected chi connectivity index (χ0v) is 12.7. The lowest BCUT2D eigenvalue weighted by molar-refractivity contribution is 0.0250. The van der Waals surface area contributed by atoms with E-state index in [1.54, 1.807) is 12.1 Å². The van der Waals surface area contributed by atoms with Crippen molar-refractivity contribution in [3.05, 3.63) is 34.1 Å². The maximum absolute atomic E-state index is 13.1. The quantitative estimate of drug-likeness (QED) is 0.824. The van der Waals surface area contributed by atoms with Crippen LogP contribution in [0.4, 0.5) is 4.39 Å². The normalized spacial score (nSPS) is 19.1. The topological polar surface area (TPSA) is 32.3 Å². The summed E-state index contributed by atoms with van der Waals surface area (Å²) in [5.41, 5.74) is 0.457. The summed E-state index contributed by atoms with van der Waals surface area (Å²) in [6.45, 7) is 1.27. The molecular weight excluding hydrogens is 309 g/mol. The molecule has 0 heterocycles. The molecule has 1 saturated carbocycles. The number of aliphatic hydroxyl groups is 1. The van der Waals surface area contributed by atoms with E-state index in [-0.39, 0.29) is 5.82 Å². The third kappa shape index (κ3) is 4.55. The van der Waals surface area contributed by atoms with E-state index >= 15 is 0 Å². The van der Waals surface area contributed by atoms with Gasteiger partial charge in [0.15, 0.2) is 0 Å². The van der Waals surface area contributed by atoms with Crippen molar-refractivity contribution in [2.75, 3.05) is 6.54 Å². The highest BCUT2D eigenvalue weighted by molar-refractivity contribution is 9.10. The molecule has 0 aromatic heterocycles. The summed E-state index contributed by atoms with van der Waals surface area (Å²) >= 11 is 3.18. The lowest BCUT2D eigenvalue weighted by atomic mass is 9.94. The molecule has 0 spiro atoms. The van der Waals surface area contributed by atoms with Gasteiger partial charge in [-0.05, 0) is 46.5 Å². The van der Waals surface area contributed by atoms with Crippen molar-refractivity contribution in [3.8, 4) is 0 Å². The third-order valence-corrected chi connectivity index (χ3v) is 4.41. The molecule has 0 bridgehead atoms. The highest BCUT2D eigenvalue weighted by Crippen LogP contribution is 2.26. The van der Waals surface area contributed by atoms with Crippen LogP contribution in [0.2, 0.25) is 0 Å². The van der Waals surface area contributed by atoms with E-state index in [0.29, 0.717) is 17.6 Å². The number of hydrogen-bond acceptors (Lipinski definition) is 2. The van der Waals surface area contributed by atoms with Gasteiger partial charge in [-0.1, -0.05) is 31.7 Å². The lowest BCUT2D eigenvalue weighted by Crippen LogP contribution is -2.39. The summed E-state index contributed by atoms with van der Waals surface area (Å²) in [5, 5.41) is 13.8. The monoisotopic (exact) mass is 329 g/mol. The van der Waals surface area contributed by atoms with Gasteiger partial charge in [-0.15, -0.1) is 0 Å². The molecule has 0 amide bonds. The maximum atomic E-state index is 13.1. The van der Waals surface area contributed by atoms with Crippen LogP contribution in [-0.4, -0.2) is 17.3 Å². The predicted molar refractivity (Wildman–Crippen MR) is 78.5 cm³/mol. The first-order chi connectivity index (χ1) is 9.09. The fourth-order valence-corrected chi connectivity index (χ4v) is 3.08. The van der Waals surface area contributed by atoms with E-state index in [0.717, 1.165) is 31.2 Å². The van der Waals surface area contributed by atoms with Gasteiger partial charge in [0.25, 0.3) is 0 Å². The Bertz CT molecular complexity index is 417. The van der Waals surface area contributed by atoms with Crippen molar-refractivity contribution < 1.29 is 9.50 Å². The Morgan fingerprint density at radius 2 is 1.89 bits per heavy atom. The molecule has 0 aliphatic heterocycles. The first-order valence-corrected chi connectivity index (χ1v) is 7.75. The molecule has 0 radical (unpaired) electrons. The van der Waals surface area contributed by atoms with Gasteiger partial charge in [-0.25, -0.2) is 4.39 Å². The van der Waals surface area contributed by atoms with Crippen molar-refractivity contribution >= 4 is 15.9 Å². The zero-order valence-electron chi connectivity index (χ0n) is 11.1. The molecule has 1 fully saturated rings. The number of nitrogens with one attached hydrogen (secondary N) is 1. The van der Waals surface area contributed by atoms with E-state index in [2.05, 4.69) is 21.2 Å². The molecule has 4 heteroatoms. The molecular formula is C15H21BrFNO. The Kier molecular flexibility index (Phi) is 5.37. The summed E-state index contributed by atoms with van der Waals surface area (Å²) in [5.74, 6) is -0.244. The van der Waals surface area contributed by atoms with Crippen molar-refractivity contribution in [1.29, 1.82) is 0 Å². The van der Waals surface area contributed by atoms with Gasteiger partial charge in [0.05, 0.1) is 10.1 Å². The first-order valence-electron chi connectivity index (χ1n) is 6.96. The highest BCUT2D eigenvalue weighted by atomic mass is 79.9. The van der Waals surface area contributed by atoms with Gasteiger partial charge < -0.3 is 10.4 Å². The van der Waals surface area contributed by atoms with E-state index in [1.807, 2.05) is 0 Å². The second kappa shape index (κ2) is 6.82. The molecule has 1 aliphatic rings. The van der Waals surface area contributed by atoms with E-state index in [4.69, 9.17) is 0 Å². The van der Waals surface area contributed by atoms with Gasteiger partial charge in [-0.2, -0.15) is 0 Å². The number of benzene rings is 1. The third-order valence-electron chi connectivity index (χ3n) is 3.80. The van der Waals surface area contributed by atoms with Crippen LogP contribution >= 0.6 is 15.9 Å². The average Bonchev–Trinajstić information content (AvgIpc) is 2.59. The fourth-order valence-electron chi connectivity index (χ4n) is 2.65. The molecule has 0 saturated heterocycles. The number of rotatable bonds is 4. The van der Waals surface area contributed by atoms with Crippen LogP contribution < -0.4 is 5.32 Å². The van der Waals surface area contributed by atoms with Gasteiger partial charge in [0.1, 0.15) is 5.82 Å². The molecule has 2 rings (SSSR count). The highest BCUT2D eigenvalue weighted by Gasteiger charge is 2.27. The van der Waals surface area contributed by atoms with Crippen LogP contribution in [0.3, 0.4) is 0 Å². The molecule has 1 aromatic rings. The van der Waals surface area contributed by atoms with E-state index in [9.17, 15) is 9.50 Å². The molecule has 0 unspecified atom stereocenters. The largest absolute Gasteiger partial charge is 0.389 e. The van der Waals surface area contributed by atoms with Gasteiger partial charge in [-0.3, -0.25) is 0 Å². The zero-order chi connectivity index (χ0) is 13.7. The van der Waals surface area contributed by atoms with Crippen LogP contribution in [-0.2, 0) is 6.54 Å². The summed E-state index contributed by atoms with van der Waals surface area (Å²) in [4.78, 5) is 0. The van der Waals surface area contributed by atoms with Crippen LogP contribution in [0.15, 0.2) is 22.7 Å². The van der Waals surface area contributed by atoms with Crippen molar-refractivity contribution in [2.24, 2.45) is 0 Å². The summed E-state index contributed by atoms with van der Waals surface area (Å²) in [6.07, 6.45) is 6.45. The van der Waals surface area contributed by atoms with Crippen molar-refractivity contribution in [3.63, 3.8) is 0 Å². The second-order valence-corrected chi connectivity index (χ2v) is 6.34. The Morgan fingerprint density at radius 1 is 1.21 bits per heavy atom. The minimum absolute atomic E-state index is 0.244. The Labute approximate surface area is 122 Å². The van der Waals surface area contributed by atoms with E-state index < -0.39 is 5.60 Å². The standard InChI is InChI=1S/C15H21BrFNO/c16-13-9-12(5-6-14(13)17)10-18-11-15(19)7-3-1-2-4-8-15/h5-6,9,18-19H,1-4,7-8,10-11H2. The molecule has 2 nitrogen and oxygen atoms in total. The summed E-state index contributed by atoms with van der Waals surface area (Å²) < 4.78 is 13.6. The lowest BCUT2D eigenvalue weighted by Gasteiger charge is -2.27. The molecule has 1 aromatic carbocycles. The van der Waals surface area contributed by atoms with Crippen LogP contribution in [0.25, 0.3) is 0 Å². The summed E-state index contributed by atoms with van der Waals surface area (Å²) in [7, 11) is 0. The molecule has 2 N–H and O–H groups in total. The number of hydrogen-bond donors (Lipinski definition) is 2. The fraction of sp³-hybridized carbons (Fsp3) is 0.600. The minimum Gasteiger partial charge on any atom is -0.389 e. The van der Waals surface area contributed by atoms with Crippen LogP contribution in [0.1, 0.15) is 44.1 Å². The van der Waals surface area contributed by atoms with Crippen molar-refractivity contribution in [2.45, 2.75) is 50.7 Å². The second-order valence-electron chi connectivity index (χ2n) is 5.49. The smallest absolute Gasteiger partial charge is 0.137 e. The number of halogens is 2. The summed E-state index contributed by atoms with van der Waals surface area (Å²) in [6, 6.07) is 5.01. The Balaban J connectivity index is 1.83. The van der Waals surface area contributed by atoms with Gasteiger partial charge in [0, 0.05) is 13.1 Å². The average molecular weight is 330 g/mol. The minimum atomic E-state index is -0.562. The molecule has 1 aliphatic carbocycles. The molecule has 19 heavy (non-hydrogen) atoms. The Morgan fingerprint density at radius 3 is 2.53 bits per heavy atom.